The normalized spacial score (nSPS) is 10.0. The standard InChI is InChI=1S/C13H13N3O2/c1-17-11-6-4-5-10(9-11)13-15-12(18-16-13)7-2-3-8-14/h4-6,9H,2-3,7H2,1H3. The Morgan fingerprint density at radius 1 is 1.44 bits per heavy atom. The Morgan fingerprint density at radius 3 is 3.11 bits per heavy atom. The van der Waals surface area contributed by atoms with Crippen molar-refractivity contribution in [1.29, 1.82) is 5.26 Å². The van der Waals surface area contributed by atoms with Crippen molar-refractivity contribution < 1.29 is 9.26 Å². The lowest BCUT2D eigenvalue weighted by Gasteiger charge is -1.99. The molecule has 2 rings (SSSR count). The lowest BCUT2D eigenvalue weighted by molar-refractivity contribution is 0.376. The molecule has 0 radical (unpaired) electrons. The first kappa shape index (κ1) is 12.1. The summed E-state index contributed by atoms with van der Waals surface area (Å²) in [7, 11) is 1.61. The molecule has 0 aliphatic heterocycles. The van der Waals surface area contributed by atoms with Crippen molar-refractivity contribution in [3.05, 3.63) is 30.2 Å². The zero-order chi connectivity index (χ0) is 12.8. The number of aryl methyl sites for hydroxylation is 1. The highest BCUT2D eigenvalue weighted by Gasteiger charge is 2.08. The molecule has 0 bridgehead atoms. The highest BCUT2D eigenvalue weighted by atomic mass is 16.5. The second-order valence-corrected chi connectivity index (χ2v) is 3.76. The van der Waals surface area contributed by atoms with Gasteiger partial charge in [0.2, 0.25) is 11.7 Å². The Hall–Kier alpha value is -2.35. The number of hydrogen-bond acceptors (Lipinski definition) is 5. The highest BCUT2D eigenvalue weighted by molar-refractivity contribution is 5.56. The fourth-order valence-electron chi connectivity index (χ4n) is 1.55. The van der Waals surface area contributed by atoms with Gasteiger partial charge in [0.05, 0.1) is 13.2 Å². The molecule has 0 atom stereocenters. The molecule has 5 heteroatoms. The molecule has 0 N–H and O–H groups in total. The van der Waals surface area contributed by atoms with Crippen LogP contribution in [0, 0.1) is 11.3 Å². The smallest absolute Gasteiger partial charge is 0.226 e. The summed E-state index contributed by atoms with van der Waals surface area (Å²) in [6.07, 6.45) is 1.86. The Morgan fingerprint density at radius 2 is 2.33 bits per heavy atom. The minimum atomic E-state index is 0.497. The molecule has 0 spiro atoms. The van der Waals surface area contributed by atoms with Crippen LogP contribution in [0.3, 0.4) is 0 Å². The van der Waals surface area contributed by atoms with Gasteiger partial charge in [-0.25, -0.2) is 0 Å². The largest absolute Gasteiger partial charge is 0.497 e. The van der Waals surface area contributed by atoms with Crippen LogP contribution in [0.15, 0.2) is 28.8 Å². The van der Waals surface area contributed by atoms with Crippen LogP contribution < -0.4 is 4.74 Å². The SMILES string of the molecule is COc1cccc(-c2noc(CCCC#N)n2)c1. The molecular formula is C13H13N3O2. The van der Waals surface area contributed by atoms with Crippen molar-refractivity contribution in [3.63, 3.8) is 0 Å². The van der Waals surface area contributed by atoms with E-state index in [0.29, 0.717) is 24.6 Å². The molecule has 0 amide bonds. The van der Waals surface area contributed by atoms with E-state index < -0.39 is 0 Å². The lowest BCUT2D eigenvalue weighted by Crippen LogP contribution is -1.87. The van der Waals surface area contributed by atoms with E-state index in [0.717, 1.165) is 17.7 Å². The van der Waals surface area contributed by atoms with Crippen LogP contribution in [0.1, 0.15) is 18.7 Å². The topological polar surface area (TPSA) is 71.9 Å². The van der Waals surface area contributed by atoms with Crippen molar-refractivity contribution in [3.8, 4) is 23.2 Å². The van der Waals surface area contributed by atoms with Gasteiger partial charge in [0, 0.05) is 18.4 Å². The van der Waals surface area contributed by atoms with Crippen molar-refractivity contribution in [2.75, 3.05) is 7.11 Å². The van der Waals surface area contributed by atoms with Crippen molar-refractivity contribution in [1.82, 2.24) is 10.1 Å². The summed E-state index contributed by atoms with van der Waals surface area (Å²) >= 11 is 0. The fourth-order valence-corrected chi connectivity index (χ4v) is 1.55. The molecule has 0 aliphatic carbocycles. The second kappa shape index (κ2) is 5.82. The monoisotopic (exact) mass is 243 g/mol. The zero-order valence-electron chi connectivity index (χ0n) is 10.1. The lowest BCUT2D eigenvalue weighted by atomic mass is 10.2. The predicted molar refractivity (Wildman–Crippen MR) is 64.8 cm³/mol. The van der Waals surface area contributed by atoms with Crippen LogP contribution in [-0.4, -0.2) is 17.3 Å². The number of ether oxygens (including phenoxy) is 1. The van der Waals surface area contributed by atoms with Crippen LogP contribution in [0.2, 0.25) is 0 Å². The Kier molecular flexibility index (Phi) is 3.92. The molecule has 0 saturated carbocycles. The molecule has 1 aromatic heterocycles. The van der Waals surface area contributed by atoms with E-state index in [1.54, 1.807) is 7.11 Å². The number of rotatable bonds is 5. The summed E-state index contributed by atoms with van der Waals surface area (Å²) < 4.78 is 10.3. The minimum absolute atomic E-state index is 0.497. The number of unbranched alkanes of at least 4 members (excludes halogenated alkanes) is 1. The minimum Gasteiger partial charge on any atom is -0.497 e. The number of nitriles is 1. The molecule has 5 nitrogen and oxygen atoms in total. The third kappa shape index (κ3) is 2.86. The maximum atomic E-state index is 8.45. The maximum Gasteiger partial charge on any atom is 0.226 e. The zero-order valence-corrected chi connectivity index (χ0v) is 10.1. The van der Waals surface area contributed by atoms with E-state index in [1.807, 2.05) is 24.3 Å². The van der Waals surface area contributed by atoms with Gasteiger partial charge in [0.15, 0.2) is 0 Å². The molecule has 1 aromatic carbocycles. The maximum absolute atomic E-state index is 8.45. The summed E-state index contributed by atoms with van der Waals surface area (Å²) in [5.41, 5.74) is 0.852. The van der Waals surface area contributed by atoms with Gasteiger partial charge in [0.1, 0.15) is 5.75 Å². The first-order valence-electron chi connectivity index (χ1n) is 5.67. The van der Waals surface area contributed by atoms with Gasteiger partial charge in [-0.05, 0) is 18.6 Å². The number of benzene rings is 1. The van der Waals surface area contributed by atoms with Crippen LogP contribution >= 0.6 is 0 Å². The van der Waals surface area contributed by atoms with E-state index in [-0.39, 0.29) is 0 Å². The van der Waals surface area contributed by atoms with Gasteiger partial charge in [0.25, 0.3) is 0 Å². The van der Waals surface area contributed by atoms with Gasteiger partial charge in [-0.3, -0.25) is 0 Å². The average molecular weight is 243 g/mol. The molecule has 2 aromatic rings. The van der Waals surface area contributed by atoms with Crippen molar-refractivity contribution >= 4 is 0 Å². The molecular weight excluding hydrogens is 230 g/mol. The third-order valence-electron chi connectivity index (χ3n) is 2.48. The van der Waals surface area contributed by atoms with Gasteiger partial charge < -0.3 is 9.26 Å². The van der Waals surface area contributed by atoms with Gasteiger partial charge >= 0.3 is 0 Å². The van der Waals surface area contributed by atoms with Crippen molar-refractivity contribution in [2.45, 2.75) is 19.3 Å². The van der Waals surface area contributed by atoms with E-state index in [2.05, 4.69) is 16.2 Å². The molecule has 18 heavy (non-hydrogen) atoms. The molecule has 0 unspecified atom stereocenters. The van der Waals surface area contributed by atoms with Crippen LogP contribution in [0.5, 0.6) is 5.75 Å². The summed E-state index contributed by atoms with van der Waals surface area (Å²) in [4.78, 5) is 4.28. The van der Waals surface area contributed by atoms with E-state index in [1.165, 1.54) is 0 Å². The molecule has 92 valence electrons. The van der Waals surface area contributed by atoms with Crippen LogP contribution in [0.25, 0.3) is 11.4 Å². The highest BCUT2D eigenvalue weighted by Crippen LogP contribution is 2.21. The second-order valence-electron chi connectivity index (χ2n) is 3.76. The van der Waals surface area contributed by atoms with Gasteiger partial charge in [-0.2, -0.15) is 10.2 Å². The van der Waals surface area contributed by atoms with Gasteiger partial charge in [-0.15, -0.1) is 0 Å². The quantitative estimate of drug-likeness (QED) is 0.755. The number of hydrogen-bond donors (Lipinski definition) is 0. The van der Waals surface area contributed by atoms with E-state index in [9.17, 15) is 0 Å². The molecule has 0 saturated heterocycles. The summed E-state index contributed by atoms with van der Waals surface area (Å²) in [6.45, 7) is 0. The molecule has 0 fully saturated rings. The molecule has 1 heterocycles. The Labute approximate surface area is 105 Å². The number of methoxy groups -OCH3 is 1. The number of nitrogens with zero attached hydrogens (tertiary/aromatic N) is 3. The first-order chi connectivity index (χ1) is 8.83. The number of aromatic nitrogens is 2. The van der Waals surface area contributed by atoms with Gasteiger partial charge in [-0.1, -0.05) is 17.3 Å². The average Bonchev–Trinajstić information content (AvgIpc) is 2.88. The van der Waals surface area contributed by atoms with E-state index >= 15 is 0 Å². The Bertz CT molecular complexity index is 557. The summed E-state index contributed by atoms with van der Waals surface area (Å²) in [6, 6.07) is 9.56. The summed E-state index contributed by atoms with van der Waals surface area (Å²) in [5.74, 6) is 1.85. The Balaban J connectivity index is 2.11. The van der Waals surface area contributed by atoms with Crippen molar-refractivity contribution in [2.24, 2.45) is 0 Å². The van der Waals surface area contributed by atoms with Crippen LogP contribution in [-0.2, 0) is 6.42 Å². The fraction of sp³-hybridized carbons (Fsp3) is 0.308. The molecule has 0 aliphatic rings. The first-order valence-corrected chi connectivity index (χ1v) is 5.67. The van der Waals surface area contributed by atoms with Crippen LogP contribution in [0.4, 0.5) is 0 Å². The van der Waals surface area contributed by atoms with E-state index in [4.69, 9.17) is 14.5 Å². The summed E-state index contributed by atoms with van der Waals surface area (Å²) in [5, 5.41) is 12.4. The third-order valence-corrected chi connectivity index (χ3v) is 2.48. The predicted octanol–water partition coefficient (Wildman–Crippen LogP) is 2.59.